The van der Waals surface area contributed by atoms with Crippen LogP contribution in [-0.2, 0) is 6.54 Å². The molecule has 3 nitrogen and oxygen atoms in total. The van der Waals surface area contributed by atoms with E-state index in [4.69, 9.17) is 9.84 Å². The molecule has 1 aliphatic carbocycles. The Bertz CT molecular complexity index is 892. The van der Waals surface area contributed by atoms with Crippen LogP contribution < -0.4 is 4.74 Å². The lowest BCUT2D eigenvalue weighted by molar-refractivity contribution is 0.306. The van der Waals surface area contributed by atoms with Crippen molar-refractivity contribution in [3.8, 4) is 28.1 Å². The Morgan fingerprint density at radius 2 is 1.70 bits per heavy atom. The molecule has 3 aromatic rings. The van der Waals surface area contributed by atoms with Crippen molar-refractivity contribution in [3.05, 3.63) is 60.3 Å². The molecule has 3 heteroatoms. The SMILES string of the molecule is COc1cccc(-c2c(-c3ccccc3)nn(CC3CCCCC3)c2C)c1. The maximum Gasteiger partial charge on any atom is 0.119 e. The van der Waals surface area contributed by atoms with E-state index in [9.17, 15) is 0 Å². The summed E-state index contributed by atoms with van der Waals surface area (Å²) in [5.41, 5.74) is 5.86. The molecule has 1 heterocycles. The van der Waals surface area contributed by atoms with Gasteiger partial charge in [0.1, 0.15) is 11.4 Å². The van der Waals surface area contributed by atoms with Gasteiger partial charge in [-0.25, -0.2) is 0 Å². The van der Waals surface area contributed by atoms with Gasteiger partial charge in [0.15, 0.2) is 0 Å². The minimum absolute atomic E-state index is 0.749. The first-order valence-electron chi connectivity index (χ1n) is 10.0. The Morgan fingerprint density at radius 1 is 0.963 bits per heavy atom. The molecular formula is C24H28N2O. The number of ether oxygens (including phenoxy) is 1. The van der Waals surface area contributed by atoms with Crippen LogP contribution in [0.5, 0.6) is 5.75 Å². The molecule has 1 saturated carbocycles. The fourth-order valence-corrected chi connectivity index (χ4v) is 4.26. The summed E-state index contributed by atoms with van der Waals surface area (Å²) in [6.07, 6.45) is 6.76. The third-order valence-corrected chi connectivity index (χ3v) is 5.77. The average Bonchev–Trinajstić information content (AvgIpc) is 3.05. The van der Waals surface area contributed by atoms with E-state index in [2.05, 4.69) is 60.1 Å². The molecule has 0 amide bonds. The number of methoxy groups -OCH3 is 1. The summed E-state index contributed by atoms with van der Waals surface area (Å²) in [5.74, 6) is 1.63. The maximum absolute atomic E-state index is 5.46. The molecule has 0 spiro atoms. The first-order chi connectivity index (χ1) is 13.3. The number of hydrogen-bond acceptors (Lipinski definition) is 2. The van der Waals surface area contributed by atoms with Gasteiger partial charge < -0.3 is 4.74 Å². The third kappa shape index (κ3) is 3.78. The first kappa shape index (κ1) is 17.8. The van der Waals surface area contributed by atoms with Gasteiger partial charge in [0.2, 0.25) is 0 Å². The summed E-state index contributed by atoms with van der Waals surface area (Å²) >= 11 is 0. The molecule has 0 saturated heterocycles. The Labute approximate surface area is 162 Å². The normalized spacial score (nSPS) is 15.0. The minimum atomic E-state index is 0.749. The lowest BCUT2D eigenvalue weighted by Crippen LogP contribution is -2.16. The van der Waals surface area contributed by atoms with Crippen LogP contribution in [0.1, 0.15) is 37.8 Å². The van der Waals surface area contributed by atoms with Crippen molar-refractivity contribution in [2.45, 2.75) is 45.6 Å². The lowest BCUT2D eigenvalue weighted by atomic mass is 9.89. The molecule has 1 aliphatic rings. The van der Waals surface area contributed by atoms with Crippen molar-refractivity contribution in [1.29, 1.82) is 0 Å². The van der Waals surface area contributed by atoms with E-state index in [0.29, 0.717) is 0 Å². The average molecular weight is 361 g/mol. The van der Waals surface area contributed by atoms with E-state index in [1.807, 2.05) is 6.07 Å². The van der Waals surface area contributed by atoms with Crippen LogP contribution in [-0.4, -0.2) is 16.9 Å². The molecule has 4 rings (SSSR count). The zero-order valence-corrected chi connectivity index (χ0v) is 16.3. The van der Waals surface area contributed by atoms with Gasteiger partial charge in [0, 0.05) is 23.4 Å². The summed E-state index contributed by atoms with van der Waals surface area (Å²) in [4.78, 5) is 0. The van der Waals surface area contributed by atoms with Gasteiger partial charge >= 0.3 is 0 Å². The smallest absolute Gasteiger partial charge is 0.119 e. The van der Waals surface area contributed by atoms with Crippen LogP contribution in [0.3, 0.4) is 0 Å². The molecule has 140 valence electrons. The fourth-order valence-electron chi connectivity index (χ4n) is 4.26. The summed E-state index contributed by atoms with van der Waals surface area (Å²) < 4.78 is 7.71. The van der Waals surface area contributed by atoms with Gasteiger partial charge in [-0.2, -0.15) is 5.10 Å². The highest BCUT2D eigenvalue weighted by molar-refractivity contribution is 5.83. The van der Waals surface area contributed by atoms with Gasteiger partial charge in [0.05, 0.1) is 7.11 Å². The molecule has 0 atom stereocenters. The number of benzene rings is 2. The molecule has 1 aromatic heterocycles. The standard InChI is InChI=1S/C24H28N2O/c1-18-23(21-14-9-15-22(16-21)27-2)24(20-12-7-4-8-13-20)25-26(18)17-19-10-5-3-6-11-19/h4,7-9,12-16,19H,3,5-6,10-11,17H2,1-2H3. The summed E-state index contributed by atoms with van der Waals surface area (Å²) in [7, 11) is 1.72. The Kier molecular flexibility index (Phi) is 5.28. The highest BCUT2D eigenvalue weighted by atomic mass is 16.5. The zero-order chi connectivity index (χ0) is 18.6. The van der Waals surface area contributed by atoms with Crippen LogP contribution in [0.25, 0.3) is 22.4 Å². The molecule has 0 unspecified atom stereocenters. The van der Waals surface area contributed by atoms with Crippen molar-refractivity contribution in [2.24, 2.45) is 5.92 Å². The molecule has 2 aromatic carbocycles. The molecule has 0 bridgehead atoms. The molecular weight excluding hydrogens is 332 g/mol. The highest BCUT2D eigenvalue weighted by Gasteiger charge is 2.21. The number of aromatic nitrogens is 2. The molecule has 0 radical (unpaired) electrons. The second kappa shape index (κ2) is 7.99. The summed E-state index contributed by atoms with van der Waals surface area (Å²) in [5, 5.41) is 5.08. The number of hydrogen-bond donors (Lipinski definition) is 0. The zero-order valence-electron chi connectivity index (χ0n) is 16.3. The molecule has 27 heavy (non-hydrogen) atoms. The lowest BCUT2D eigenvalue weighted by Gasteiger charge is -2.22. The van der Waals surface area contributed by atoms with Gasteiger partial charge in [-0.1, -0.05) is 61.7 Å². The summed E-state index contributed by atoms with van der Waals surface area (Å²) in [6, 6.07) is 18.8. The van der Waals surface area contributed by atoms with Crippen LogP contribution in [0, 0.1) is 12.8 Å². The van der Waals surface area contributed by atoms with Crippen LogP contribution in [0.2, 0.25) is 0 Å². The largest absolute Gasteiger partial charge is 0.497 e. The second-order valence-corrected chi connectivity index (χ2v) is 7.59. The number of nitrogens with zero attached hydrogens (tertiary/aromatic N) is 2. The predicted octanol–water partition coefficient (Wildman–Crippen LogP) is 6.11. The monoisotopic (exact) mass is 360 g/mol. The van der Waals surface area contributed by atoms with Gasteiger partial charge in [-0.15, -0.1) is 0 Å². The topological polar surface area (TPSA) is 27.1 Å². The van der Waals surface area contributed by atoms with Crippen molar-refractivity contribution in [2.75, 3.05) is 7.11 Å². The third-order valence-electron chi connectivity index (χ3n) is 5.77. The van der Waals surface area contributed by atoms with Gasteiger partial charge in [-0.05, 0) is 43.4 Å². The fraction of sp³-hybridized carbons (Fsp3) is 0.375. The van der Waals surface area contributed by atoms with Crippen LogP contribution in [0.15, 0.2) is 54.6 Å². The van der Waals surface area contributed by atoms with E-state index in [1.165, 1.54) is 54.5 Å². The Balaban J connectivity index is 1.79. The van der Waals surface area contributed by atoms with E-state index in [0.717, 1.165) is 23.9 Å². The van der Waals surface area contributed by atoms with Crippen molar-refractivity contribution in [3.63, 3.8) is 0 Å². The van der Waals surface area contributed by atoms with Crippen molar-refractivity contribution in [1.82, 2.24) is 9.78 Å². The van der Waals surface area contributed by atoms with Gasteiger partial charge in [0.25, 0.3) is 0 Å². The van der Waals surface area contributed by atoms with Crippen LogP contribution in [0.4, 0.5) is 0 Å². The molecule has 0 N–H and O–H groups in total. The van der Waals surface area contributed by atoms with Crippen molar-refractivity contribution < 1.29 is 4.74 Å². The van der Waals surface area contributed by atoms with E-state index < -0.39 is 0 Å². The maximum atomic E-state index is 5.46. The highest BCUT2D eigenvalue weighted by Crippen LogP contribution is 2.36. The number of rotatable bonds is 5. The first-order valence-corrected chi connectivity index (χ1v) is 10.0. The predicted molar refractivity (Wildman–Crippen MR) is 111 cm³/mol. The van der Waals surface area contributed by atoms with E-state index in [-0.39, 0.29) is 0 Å². The minimum Gasteiger partial charge on any atom is -0.497 e. The Morgan fingerprint density at radius 3 is 2.44 bits per heavy atom. The van der Waals surface area contributed by atoms with E-state index in [1.54, 1.807) is 7.11 Å². The van der Waals surface area contributed by atoms with Crippen molar-refractivity contribution >= 4 is 0 Å². The molecule has 0 aliphatic heterocycles. The van der Waals surface area contributed by atoms with Gasteiger partial charge in [-0.3, -0.25) is 4.68 Å². The second-order valence-electron chi connectivity index (χ2n) is 7.59. The Hall–Kier alpha value is -2.55. The quantitative estimate of drug-likeness (QED) is 0.548. The van der Waals surface area contributed by atoms with Crippen LogP contribution >= 0.6 is 0 Å². The summed E-state index contributed by atoms with van der Waals surface area (Å²) in [6.45, 7) is 3.23. The van der Waals surface area contributed by atoms with E-state index >= 15 is 0 Å². The molecule has 1 fully saturated rings.